The predicted octanol–water partition coefficient (Wildman–Crippen LogP) is -0.749. The molecule has 2 saturated heterocycles. The van der Waals surface area contributed by atoms with Gasteiger partial charge in [-0.15, -0.1) is 0 Å². The Morgan fingerprint density at radius 3 is 2.26 bits per heavy atom. The van der Waals surface area contributed by atoms with Crippen LogP contribution in [0, 0.1) is 0 Å². The molecule has 23 heavy (non-hydrogen) atoms. The summed E-state index contributed by atoms with van der Waals surface area (Å²) >= 11 is 0. The molecule has 2 amide bonds. The number of morpholine rings is 1. The summed E-state index contributed by atoms with van der Waals surface area (Å²) in [6, 6.07) is 4.73. The molecule has 1 atom stereocenters. The van der Waals surface area contributed by atoms with Crippen molar-refractivity contribution >= 4 is 17.5 Å². The van der Waals surface area contributed by atoms with Gasteiger partial charge in [-0.05, 0) is 0 Å². The fourth-order valence-electron chi connectivity index (χ4n) is 3.13. The number of amides is 2. The van der Waals surface area contributed by atoms with E-state index in [2.05, 4.69) is 0 Å². The van der Waals surface area contributed by atoms with E-state index in [0.717, 1.165) is 18.0 Å². The third-order valence-electron chi connectivity index (χ3n) is 4.37. The fourth-order valence-corrected chi connectivity index (χ4v) is 3.13. The Labute approximate surface area is 134 Å². The van der Waals surface area contributed by atoms with Crippen LogP contribution in [0.4, 0.5) is 5.69 Å². The first-order chi connectivity index (χ1) is 11.1. The van der Waals surface area contributed by atoms with E-state index in [0.29, 0.717) is 30.4 Å². The van der Waals surface area contributed by atoms with E-state index in [-0.39, 0.29) is 24.3 Å². The number of methoxy groups -OCH3 is 2. The quantitative estimate of drug-likeness (QED) is 0.739. The Hall–Kier alpha value is -2.12. The van der Waals surface area contributed by atoms with Crippen molar-refractivity contribution in [2.45, 2.75) is 12.5 Å². The van der Waals surface area contributed by atoms with Gasteiger partial charge in [0.1, 0.15) is 24.6 Å². The molecule has 1 aromatic rings. The topological polar surface area (TPSA) is 69.5 Å². The van der Waals surface area contributed by atoms with Crippen LogP contribution in [0.5, 0.6) is 11.5 Å². The lowest BCUT2D eigenvalue weighted by Crippen LogP contribution is -3.18. The first-order valence-corrected chi connectivity index (χ1v) is 7.66. The number of hydrogen-bond donors (Lipinski definition) is 1. The molecule has 3 rings (SSSR count). The van der Waals surface area contributed by atoms with Crippen LogP contribution in [0.3, 0.4) is 0 Å². The molecule has 2 fully saturated rings. The zero-order valence-corrected chi connectivity index (χ0v) is 13.3. The number of nitrogens with zero attached hydrogens (tertiary/aromatic N) is 1. The highest BCUT2D eigenvalue weighted by Crippen LogP contribution is 2.31. The Bertz CT molecular complexity index is 590. The highest BCUT2D eigenvalue weighted by atomic mass is 16.5. The molecular formula is C16H21N2O5+. The van der Waals surface area contributed by atoms with Crippen LogP contribution in [0.1, 0.15) is 6.42 Å². The number of ether oxygens (including phenoxy) is 3. The highest BCUT2D eigenvalue weighted by molar-refractivity contribution is 6.22. The third kappa shape index (κ3) is 3.02. The van der Waals surface area contributed by atoms with Crippen LogP contribution in [-0.4, -0.2) is 58.4 Å². The second kappa shape index (κ2) is 6.55. The molecule has 0 bridgehead atoms. The lowest BCUT2D eigenvalue weighted by atomic mass is 10.2. The van der Waals surface area contributed by atoms with E-state index in [1.54, 1.807) is 18.2 Å². The molecule has 1 unspecified atom stereocenters. The smallest absolute Gasteiger partial charge is 0.292 e. The Morgan fingerprint density at radius 2 is 1.70 bits per heavy atom. The molecule has 0 spiro atoms. The first-order valence-electron chi connectivity index (χ1n) is 7.66. The van der Waals surface area contributed by atoms with Gasteiger partial charge in [0, 0.05) is 18.2 Å². The lowest BCUT2D eigenvalue weighted by molar-refractivity contribution is -0.922. The van der Waals surface area contributed by atoms with Gasteiger partial charge in [-0.25, -0.2) is 4.90 Å². The Morgan fingerprint density at radius 1 is 1.09 bits per heavy atom. The number of carbonyl (C=O) groups is 2. The maximum atomic E-state index is 12.8. The Kier molecular flexibility index (Phi) is 4.49. The third-order valence-corrected chi connectivity index (χ3v) is 4.37. The molecule has 2 heterocycles. The predicted molar refractivity (Wildman–Crippen MR) is 82.0 cm³/mol. The normalized spacial score (nSPS) is 22.5. The molecular weight excluding hydrogens is 300 g/mol. The fraction of sp³-hybridized carbons (Fsp3) is 0.500. The molecule has 0 radical (unpaired) electrons. The second-order valence-corrected chi connectivity index (χ2v) is 5.67. The van der Waals surface area contributed by atoms with Crippen molar-refractivity contribution in [3.8, 4) is 11.5 Å². The molecule has 2 aliphatic heterocycles. The molecule has 0 aliphatic carbocycles. The summed E-state index contributed by atoms with van der Waals surface area (Å²) in [5.41, 5.74) is 0.492. The number of rotatable bonds is 4. The van der Waals surface area contributed by atoms with Gasteiger partial charge in [-0.1, -0.05) is 0 Å². The molecule has 2 aliphatic rings. The minimum absolute atomic E-state index is 0.165. The average molecular weight is 321 g/mol. The molecule has 7 heteroatoms. The maximum Gasteiger partial charge on any atom is 0.292 e. The number of anilines is 1. The summed E-state index contributed by atoms with van der Waals surface area (Å²) < 4.78 is 15.8. The van der Waals surface area contributed by atoms with Gasteiger partial charge < -0.3 is 19.1 Å². The molecule has 124 valence electrons. The zero-order valence-electron chi connectivity index (χ0n) is 13.3. The number of nitrogens with one attached hydrogen (secondary N) is 1. The SMILES string of the molecule is COc1cc(OC)cc(N2C(=O)CC([NH+]3CCOCC3)C2=O)c1. The van der Waals surface area contributed by atoms with Gasteiger partial charge in [0.15, 0.2) is 6.04 Å². The van der Waals surface area contributed by atoms with Crippen molar-refractivity contribution < 1.29 is 28.7 Å². The van der Waals surface area contributed by atoms with E-state index in [9.17, 15) is 9.59 Å². The van der Waals surface area contributed by atoms with Gasteiger partial charge in [0.05, 0.1) is 39.5 Å². The van der Waals surface area contributed by atoms with Gasteiger partial charge in [-0.2, -0.15) is 0 Å². The summed E-state index contributed by atoms with van der Waals surface area (Å²) in [7, 11) is 3.07. The maximum absolute atomic E-state index is 12.8. The average Bonchev–Trinajstić information content (AvgIpc) is 2.89. The van der Waals surface area contributed by atoms with Crippen molar-refractivity contribution in [3.63, 3.8) is 0 Å². The largest absolute Gasteiger partial charge is 0.497 e. The van der Waals surface area contributed by atoms with Crippen molar-refractivity contribution in [2.24, 2.45) is 0 Å². The minimum atomic E-state index is -0.330. The van der Waals surface area contributed by atoms with Crippen molar-refractivity contribution in [3.05, 3.63) is 18.2 Å². The van der Waals surface area contributed by atoms with E-state index in [1.807, 2.05) is 0 Å². The number of imide groups is 1. The second-order valence-electron chi connectivity index (χ2n) is 5.67. The number of hydrogen-bond acceptors (Lipinski definition) is 5. The summed E-state index contributed by atoms with van der Waals surface area (Å²) in [6.45, 7) is 2.75. The summed E-state index contributed by atoms with van der Waals surface area (Å²) in [5, 5.41) is 0. The number of benzene rings is 1. The van der Waals surface area contributed by atoms with Gasteiger partial charge in [0.2, 0.25) is 5.91 Å². The molecule has 1 N–H and O–H groups in total. The highest BCUT2D eigenvalue weighted by Gasteiger charge is 2.46. The monoisotopic (exact) mass is 321 g/mol. The number of carbonyl (C=O) groups excluding carboxylic acids is 2. The van der Waals surface area contributed by atoms with Crippen LogP contribution in [-0.2, 0) is 14.3 Å². The zero-order chi connectivity index (χ0) is 16.4. The first kappa shape index (κ1) is 15.8. The van der Waals surface area contributed by atoms with Gasteiger partial charge in [-0.3, -0.25) is 9.59 Å². The van der Waals surface area contributed by atoms with Crippen LogP contribution in [0.25, 0.3) is 0 Å². The van der Waals surface area contributed by atoms with Gasteiger partial charge >= 0.3 is 0 Å². The van der Waals surface area contributed by atoms with Crippen LogP contribution >= 0.6 is 0 Å². The van der Waals surface area contributed by atoms with Crippen LogP contribution in [0.2, 0.25) is 0 Å². The van der Waals surface area contributed by atoms with E-state index >= 15 is 0 Å². The molecule has 0 saturated carbocycles. The Balaban J connectivity index is 1.87. The number of quaternary nitrogens is 1. The lowest BCUT2D eigenvalue weighted by Gasteiger charge is -2.27. The minimum Gasteiger partial charge on any atom is -0.497 e. The standard InChI is InChI=1S/C16H20N2O5/c1-21-12-7-11(8-13(9-12)22-2)18-15(19)10-14(16(18)20)17-3-5-23-6-4-17/h7-9,14H,3-6,10H2,1-2H3/p+1. The van der Waals surface area contributed by atoms with Crippen molar-refractivity contribution in [1.82, 2.24) is 0 Å². The summed E-state index contributed by atoms with van der Waals surface area (Å²) in [6.07, 6.45) is 0.230. The molecule has 0 aromatic heterocycles. The van der Waals surface area contributed by atoms with Crippen molar-refractivity contribution in [2.75, 3.05) is 45.4 Å². The van der Waals surface area contributed by atoms with E-state index in [4.69, 9.17) is 14.2 Å². The molecule has 1 aromatic carbocycles. The van der Waals surface area contributed by atoms with Crippen molar-refractivity contribution in [1.29, 1.82) is 0 Å². The van der Waals surface area contributed by atoms with E-state index in [1.165, 1.54) is 19.1 Å². The summed E-state index contributed by atoms with van der Waals surface area (Å²) in [5.74, 6) is 0.737. The summed E-state index contributed by atoms with van der Waals surface area (Å²) in [4.78, 5) is 27.6. The van der Waals surface area contributed by atoms with E-state index < -0.39 is 0 Å². The van der Waals surface area contributed by atoms with Crippen LogP contribution in [0.15, 0.2) is 18.2 Å². The van der Waals surface area contributed by atoms with Crippen LogP contribution < -0.4 is 19.3 Å². The molecule has 7 nitrogen and oxygen atoms in total. The van der Waals surface area contributed by atoms with Gasteiger partial charge in [0.25, 0.3) is 5.91 Å².